The maximum atomic E-state index is 10.3. The zero-order valence-electron chi connectivity index (χ0n) is 11.5. The lowest BCUT2D eigenvalue weighted by Gasteiger charge is -2.34. The molecule has 0 amide bonds. The minimum atomic E-state index is -0.195. The third kappa shape index (κ3) is 8.86. The number of carbonyl (C=O) groups excluding carboxylic acids is 1. The first-order chi connectivity index (χ1) is 7.16. The number of hydrogen-bond donors (Lipinski definition) is 0. The van der Waals surface area contributed by atoms with Gasteiger partial charge in [-0.25, -0.2) is 0 Å². The molecular weight excluding hydrogens is 204 g/mol. The van der Waals surface area contributed by atoms with E-state index in [9.17, 15) is 4.79 Å². The third-order valence-corrected chi connectivity index (χ3v) is 2.12. The lowest BCUT2D eigenvalue weighted by atomic mass is 10.0. The van der Waals surface area contributed by atoms with E-state index in [1.54, 1.807) is 0 Å². The number of ether oxygens (including phenoxy) is 2. The highest BCUT2D eigenvalue weighted by molar-refractivity contribution is 5.49. The Morgan fingerprint density at radius 1 is 1.19 bits per heavy atom. The van der Waals surface area contributed by atoms with Gasteiger partial charge >= 0.3 is 0 Å². The van der Waals surface area contributed by atoms with E-state index >= 15 is 0 Å². The third-order valence-electron chi connectivity index (χ3n) is 2.12. The van der Waals surface area contributed by atoms with Crippen LogP contribution in [0.3, 0.4) is 0 Å². The normalized spacial score (nSPS) is 14.9. The molecule has 0 aliphatic heterocycles. The summed E-state index contributed by atoms with van der Waals surface area (Å²) in [5.41, 5.74) is -0.336. The van der Waals surface area contributed by atoms with Crippen LogP contribution in [0.4, 0.5) is 0 Å². The lowest BCUT2D eigenvalue weighted by molar-refractivity contribution is -0.126. The van der Waals surface area contributed by atoms with Crippen molar-refractivity contribution < 1.29 is 14.3 Å². The molecule has 0 heterocycles. The van der Waals surface area contributed by atoms with Crippen LogP contribution in [0.2, 0.25) is 0 Å². The van der Waals surface area contributed by atoms with Crippen molar-refractivity contribution in [3.05, 3.63) is 0 Å². The van der Waals surface area contributed by atoms with Crippen LogP contribution in [-0.4, -0.2) is 30.2 Å². The van der Waals surface area contributed by atoms with E-state index in [1.807, 2.05) is 27.7 Å². The standard InChI is InChI=1S/C13H26O3/c1-11(7-9-14)15-10-8-13(5,6)16-12(2,3)4/h9,11H,7-8,10H2,1-6H3. The predicted molar refractivity (Wildman–Crippen MR) is 65.6 cm³/mol. The SMILES string of the molecule is CC(CC=O)OCCC(C)(C)OC(C)(C)C. The average Bonchev–Trinajstić information content (AvgIpc) is 1.98. The molecule has 0 aromatic carbocycles. The van der Waals surface area contributed by atoms with Gasteiger partial charge < -0.3 is 14.3 Å². The molecule has 0 aliphatic carbocycles. The van der Waals surface area contributed by atoms with Crippen LogP contribution in [-0.2, 0) is 14.3 Å². The van der Waals surface area contributed by atoms with E-state index in [-0.39, 0.29) is 17.3 Å². The molecule has 16 heavy (non-hydrogen) atoms. The monoisotopic (exact) mass is 230 g/mol. The van der Waals surface area contributed by atoms with Crippen molar-refractivity contribution in [2.45, 2.75) is 71.7 Å². The summed E-state index contributed by atoms with van der Waals surface area (Å²) in [4.78, 5) is 10.3. The smallest absolute Gasteiger partial charge is 0.122 e. The molecule has 0 saturated carbocycles. The Labute approximate surface area is 99.5 Å². The molecule has 1 atom stereocenters. The van der Waals surface area contributed by atoms with Gasteiger partial charge in [0.2, 0.25) is 0 Å². The number of hydrogen-bond acceptors (Lipinski definition) is 3. The van der Waals surface area contributed by atoms with Crippen molar-refractivity contribution in [3.63, 3.8) is 0 Å². The molecule has 0 aromatic rings. The summed E-state index contributed by atoms with van der Waals surface area (Å²) in [6.07, 6.45) is 2.18. The Balaban J connectivity index is 3.86. The summed E-state index contributed by atoms with van der Waals surface area (Å²) >= 11 is 0. The van der Waals surface area contributed by atoms with Gasteiger partial charge in [0.15, 0.2) is 0 Å². The summed E-state index contributed by atoms with van der Waals surface area (Å²) in [6, 6.07) is 0. The van der Waals surface area contributed by atoms with Gasteiger partial charge in [0.25, 0.3) is 0 Å². The second-order valence-corrected chi connectivity index (χ2v) is 5.81. The van der Waals surface area contributed by atoms with E-state index in [0.717, 1.165) is 12.7 Å². The summed E-state index contributed by atoms with van der Waals surface area (Å²) in [6.45, 7) is 12.8. The zero-order valence-corrected chi connectivity index (χ0v) is 11.5. The molecule has 0 radical (unpaired) electrons. The van der Waals surface area contributed by atoms with Gasteiger partial charge in [0, 0.05) is 13.0 Å². The van der Waals surface area contributed by atoms with Gasteiger partial charge in [-0.3, -0.25) is 0 Å². The van der Waals surface area contributed by atoms with Crippen molar-refractivity contribution >= 4 is 6.29 Å². The Morgan fingerprint density at radius 2 is 1.75 bits per heavy atom. The van der Waals surface area contributed by atoms with Crippen LogP contribution >= 0.6 is 0 Å². The second kappa shape index (κ2) is 6.36. The Bertz CT molecular complexity index is 204. The highest BCUT2D eigenvalue weighted by atomic mass is 16.5. The second-order valence-electron chi connectivity index (χ2n) is 5.81. The fraction of sp³-hybridized carbons (Fsp3) is 0.923. The molecule has 0 rings (SSSR count). The summed E-state index contributed by atoms with van der Waals surface area (Å²) in [5.74, 6) is 0. The van der Waals surface area contributed by atoms with Crippen LogP contribution in [0, 0.1) is 0 Å². The quantitative estimate of drug-likeness (QED) is 0.631. The van der Waals surface area contributed by atoms with E-state index in [2.05, 4.69) is 13.8 Å². The van der Waals surface area contributed by atoms with Crippen molar-refractivity contribution in [3.8, 4) is 0 Å². The molecule has 0 saturated heterocycles. The number of carbonyl (C=O) groups is 1. The van der Waals surface area contributed by atoms with Crippen LogP contribution in [0.5, 0.6) is 0 Å². The van der Waals surface area contributed by atoms with Gasteiger partial charge in [-0.15, -0.1) is 0 Å². The first kappa shape index (κ1) is 15.6. The van der Waals surface area contributed by atoms with Gasteiger partial charge in [0.1, 0.15) is 6.29 Å². The molecule has 0 N–H and O–H groups in total. The fourth-order valence-electron chi connectivity index (χ4n) is 1.59. The van der Waals surface area contributed by atoms with E-state index in [4.69, 9.17) is 9.47 Å². The van der Waals surface area contributed by atoms with E-state index in [0.29, 0.717) is 13.0 Å². The fourth-order valence-corrected chi connectivity index (χ4v) is 1.59. The summed E-state index contributed by atoms with van der Waals surface area (Å²) < 4.78 is 11.4. The maximum Gasteiger partial charge on any atom is 0.122 e. The molecule has 0 aromatic heterocycles. The molecule has 0 bridgehead atoms. The summed E-state index contributed by atoms with van der Waals surface area (Å²) in [5, 5.41) is 0. The van der Waals surface area contributed by atoms with Gasteiger partial charge in [0.05, 0.1) is 17.3 Å². The van der Waals surface area contributed by atoms with E-state index in [1.165, 1.54) is 0 Å². The van der Waals surface area contributed by atoms with Crippen molar-refractivity contribution in [2.75, 3.05) is 6.61 Å². The Kier molecular flexibility index (Phi) is 6.19. The maximum absolute atomic E-state index is 10.3. The Hall–Kier alpha value is -0.410. The number of aldehydes is 1. The summed E-state index contributed by atoms with van der Waals surface area (Å²) in [7, 11) is 0. The van der Waals surface area contributed by atoms with Crippen molar-refractivity contribution in [1.29, 1.82) is 0 Å². The van der Waals surface area contributed by atoms with Crippen LogP contribution < -0.4 is 0 Å². The molecule has 3 nitrogen and oxygen atoms in total. The highest BCUT2D eigenvalue weighted by Crippen LogP contribution is 2.22. The molecule has 1 unspecified atom stereocenters. The lowest BCUT2D eigenvalue weighted by Crippen LogP contribution is -2.36. The van der Waals surface area contributed by atoms with Crippen molar-refractivity contribution in [2.24, 2.45) is 0 Å². The highest BCUT2D eigenvalue weighted by Gasteiger charge is 2.25. The topological polar surface area (TPSA) is 35.5 Å². The van der Waals surface area contributed by atoms with Gasteiger partial charge in [-0.05, 0) is 48.0 Å². The number of rotatable bonds is 7. The van der Waals surface area contributed by atoms with Gasteiger partial charge in [-0.1, -0.05) is 0 Å². The van der Waals surface area contributed by atoms with Crippen molar-refractivity contribution in [1.82, 2.24) is 0 Å². The minimum Gasteiger partial charge on any atom is -0.378 e. The van der Waals surface area contributed by atoms with E-state index < -0.39 is 0 Å². The molecular formula is C13H26O3. The molecule has 0 spiro atoms. The molecule has 96 valence electrons. The molecule has 0 aliphatic rings. The molecule has 3 heteroatoms. The first-order valence-electron chi connectivity index (χ1n) is 5.92. The average molecular weight is 230 g/mol. The Morgan fingerprint density at radius 3 is 2.19 bits per heavy atom. The van der Waals surface area contributed by atoms with Gasteiger partial charge in [-0.2, -0.15) is 0 Å². The first-order valence-corrected chi connectivity index (χ1v) is 5.92. The van der Waals surface area contributed by atoms with Crippen LogP contribution in [0.1, 0.15) is 54.4 Å². The predicted octanol–water partition coefficient (Wildman–Crippen LogP) is 2.96. The minimum absolute atomic E-state index is 0.00272. The van der Waals surface area contributed by atoms with Crippen LogP contribution in [0.15, 0.2) is 0 Å². The zero-order chi connectivity index (χ0) is 12.8. The largest absolute Gasteiger partial charge is 0.378 e. The molecule has 0 fully saturated rings. The van der Waals surface area contributed by atoms with Crippen LogP contribution in [0.25, 0.3) is 0 Å².